The van der Waals surface area contributed by atoms with Crippen LogP contribution in [-0.2, 0) is 0 Å². The van der Waals surface area contributed by atoms with Gasteiger partial charge in [-0.25, -0.2) is 4.79 Å². The molecule has 4 nitrogen and oxygen atoms in total. The molecule has 15 heavy (non-hydrogen) atoms. The SMILES string of the molecule is CCCN1C(=O)N=C(N)C12CCC(C)C2. The zero-order chi connectivity index (χ0) is 11.1. The normalized spacial score (nSPS) is 35.3. The minimum atomic E-state index is -0.230. The van der Waals surface area contributed by atoms with Crippen LogP contribution in [0.4, 0.5) is 4.79 Å². The summed E-state index contributed by atoms with van der Waals surface area (Å²) < 4.78 is 0. The maximum atomic E-state index is 11.7. The minimum Gasteiger partial charge on any atom is -0.385 e. The lowest BCUT2D eigenvalue weighted by molar-refractivity contribution is 0.171. The Hall–Kier alpha value is -1.06. The van der Waals surface area contributed by atoms with Crippen LogP contribution < -0.4 is 5.73 Å². The highest BCUT2D eigenvalue weighted by molar-refractivity contribution is 6.06. The molecule has 4 heteroatoms. The second-order valence-electron chi connectivity index (χ2n) is 4.81. The Morgan fingerprint density at radius 2 is 2.40 bits per heavy atom. The third-order valence-electron chi connectivity index (χ3n) is 3.62. The van der Waals surface area contributed by atoms with Crippen molar-refractivity contribution in [2.45, 2.75) is 45.1 Å². The molecule has 2 amide bonds. The van der Waals surface area contributed by atoms with Crippen molar-refractivity contribution in [3.8, 4) is 0 Å². The van der Waals surface area contributed by atoms with Gasteiger partial charge in [0.1, 0.15) is 11.4 Å². The lowest BCUT2D eigenvalue weighted by Crippen LogP contribution is -2.52. The fraction of sp³-hybridized carbons (Fsp3) is 0.818. The van der Waals surface area contributed by atoms with Gasteiger partial charge >= 0.3 is 6.03 Å². The first-order valence-corrected chi connectivity index (χ1v) is 5.76. The molecule has 2 unspecified atom stereocenters. The van der Waals surface area contributed by atoms with Crippen LogP contribution >= 0.6 is 0 Å². The van der Waals surface area contributed by atoms with Gasteiger partial charge in [0, 0.05) is 6.54 Å². The van der Waals surface area contributed by atoms with E-state index in [1.165, 1.54) is 0 Å². The van der Waals surface area contributed by atoms with Crippen LogP contribution in [0.25, 0.3) is 0 Å². The van der Waals surface area contributed by atoms with Gasteiger partial charge in [-0.05, 0) is 31.6 Å². The molecule has 2 atom stereocenters. The number of nitrogens with two attached hydrogens (primary N) is 1. The van der Waals surface area contributed by atoms with E-state index in [9.17, 15) is 4.79 Å². The molecule has 2 rings (SSSR count). The van der Waals surface area contributed by atoms with Gasteiger partial charge in [0.25, 0.3) is 0 Å². The number of carbonyl (C=O) groups is 1. The molecule has 1 spiro atoms. The number of hydrogen-bond donors (Lipinski definition) is 1. The molecule has 0 aromatic carbocycles. The van der Waals surface area contributed by atoms with Gasteiger partial charge in [-0.1, -0.05) is 13.8 Å². The third kappa shape index (κ3) is 1.43. The van der Waals surface area contributed by atoms with Gasteiger partial charge in [-0.3, -0.25) is 0 Å². The van der Waals surface area contributed by atoms with Crippen LogP contribution in [0.15, 0.2) is 4.99 Å². The molecule has 1 aliphatic carbocycles. The van der Waals surface area contributed by atoms with Crippen LogP contribution in [0.5, 0.6) is 0 Å². The Balaban J connectivity index is 2.27. The molecule has 2 aliphatic rings. The maximum absolute atomic E-state index is 11.7. The van der Waals surface area contributed by atoms with E-state index in [1.54, 1.807) is 0 Å². The summed E-state index contributed by atoms with van der Waals surface area (Å²) >= 11 is 0. The predicted molar refractivity (Wildman–Crippen MR) is 59.8 cm³/mol. The minimum absolute atomic E-state index is 0.136. The summed E-state index contributed by atoms with van der Waals surface area (Å²) in [5, 5.41) is 0. The number of amides is 2. The number of nitrogens with zero attached hydrogens (tertiary/aromatic N) is 2. The second kappa shape index (κ2) is 3.51. The van der Waals surface area contributed by atoms with E-state index in [1.807, 2.05) is 4.90 Å². The number of hydrogen-bond acceptors (Lipinski definition) is 2. The molecule has 0 saturated heterocycles. The fourth-order valence-corrected chi connectivity index (χ4v) is 2.87. The topological polar surface area (TPSA) is 58.7 Å². The van der Waals surface area contributed by atoms with Crippen molar-refractivity contribution >= 4 is 11.9 Å². The van der Waals surface area contributed by atoms with E-state index in [-0.39, 0.29) is 11.6 Å². The Labute approximate surface area is 90.5 Å². The molecule has 1 fully saturated rings. The van der Waals surface area contributed by atoms with Gasteiger partial charge in [-0.15, -0.1) is 0 Å². The molecule has 84 valence electrons. The molecule has 2 N–H and O–H groups in total. The molecule has 0 bridgehead atoms. The van der Waals surface area contributed by atoms with Crippen molar-refractivity contribution in [1.82, 2.24) is 4.90 Å². The first kappa shape index (κ1) is 10.5. The highest BCUT2D eigenvalue weighted by Gasteiger charge is 2.51. The Morgan fingerprint density at radius 1 is 1.67 bits per heavy atom. The highest BCUT2D eigenvalue weighted by atomic mass is 16.2. The monoisotopic (exact) mass is 209 g/mol. The van der Waals surface area contributed by atoms with Gasteiger partial charge in [0.2, 0.25) is 0 Å². The summed E-state index contributed by atoms with van der Waals surface area (Å²) in [5.41, 5.74) is 5.71. The number of urea groups is 1. The van der Waals surface area contributed by atoms with E-state index in [0.29, 0.717) is 11.8 Å². The Kier molecular flexibility index (Phi) is 2.44. The van der Waals surface area contributed by atoms with Crippen LogP contribution in [-0.4, -0.2) is 28.9 Å². The van der Waals surface area contributed by atoms with Gasteiger partial charge in [0.05, 0.1) is 0 Å². The van der Waals surface area contributed by atoms with Gasteiger partial charge in [0.15, 0.2) is 0 Å². The number of rotatable bonds is 2. The van der Waals surface area contributed by atoms with Gasteiger partial charge in [-0.2, -0.15) is 4.99 Å². The van der Waals surface area contributed by atoms with E-state index in [2.05, 4.69) is 18.8 Å². The van der Waals surface area contributed by atoms with E-state index < -0.39 is 0 Å². The molecule has 0 aromatic rings. The molecule has 1 saturated carbocycles. The largest absolute Gasteiger partial charge is 0.385 e. The quantitative estimate of drug-likeness (QED) is 0.753. The third-order valence-corrected chi connectivity index (χ3v) is 3.62. The fourth-order valence-electron chi connectivity index (χ4n) is 2.87. The van der Waals surface area contributed by atoms with Crippen LogP contribution in [0, 0.1) is 5.92 Å². The van der Waals surface area contributed by atoms with Crippen molar-refractivity contribution in [2.75, 3.05) is 6.54 Å². The molecule has 1 aliphatic heterocycles. The number of amidine groups is 1. The van der Waals surface area contributed by atoms with E-state index in [4.69, 9.17) is 5.73 Å². The number of carbonyl (C=O) groups excluding carboxylic acids is 1. The average molecular weight is 209 g/mol. The Bertz CT molecular complexity index is 313. The summed E-state index contributed by atoms with van der Waals surface area (Å²) in [4.78, 5) is 17.5. The Morgan fingerprint density at radius 3 is 2.93 bits per heavy atom. The molecule has 0 aromatic heterocycles. The van der Waals surface area contributed by atoms with Crippen LogP contribution in [0.1, 0.15) is 39.5 Å². The van der Waals surface area contributed by atoms with Crippen molar-refractivity contribution in [2.24, 2.45) is 16.6 Å². The standard InChI is InChI=1S/C11H19N3O/c1-3-6-14-10(15)13-9(12)11(14)5-4-8(2)7-11/h8H,3-7H2,1-2H3,(H2,12,13,15). The van der Waals surface area contributed by atoms with Crippen LogP contribution in [0.3, 0.4) is 0 Å². The zero-order valence-corrected chi connectivity index (χ0v) is 9.49. The smallest absolute Gasteiger partial charge is 0.346 e. The maximum Gasteiger partial charge on any atom is 0.346 e. The molecular formula is C11H19N3O. The first-order valence-electron chi connectivity index (χ1n) is 5.76. The lowest BCUT2D eigenvalue weighted by Gasteiger charge is -2.34. The van der Waals surface area contributed by atoms with Crippen molar-refractivity contribution < 1.29 is 4.79 Å². The highest BCUT2D eigenvalue weighted by Crippen LogP contribution is 2.42. The second-order valence-corrected chi connectivity index (χ2v) is 4.81. The van der Waals surface area contributed by atoms with E-state index in [0.717, 1.165) is 32.2 Å². The summed E-state index contributed by atoms with van der Waals surface area (Å²) in [6.45, 7) is 5.07. The number of aliphatic imine (C=N–C) groups is 1. The molecule has 0 radical (unpaired) electrons. The summed E-state index contributed by atoms with van der Waals surface area (Å²) in [6, 6.07) is -0.136. The molecule has 1 heterocycles. The van der Waals surface area contributed by atoms with Crippen molar-refractivity contribution in [3.63, 3.8) is 0 Å². The summed E-state index contributed by atoms with van der Waals surface area (Å²) in [5.74, 6) is 1.19. The first-order chi connectivity index (χ1) is 7.10. The zero-order valence-electron chi connectivity index (χ0n) is 9.49. The van der Waals surface area contributed by atoms with Gasteiger partial charge < -0.3 is 10.6 Å². The molecular weight excluding hydrogens is 190 g/mol. The lowest BCUT2D eigenvalue weighted by atomic mass is 9.93. The van der Waals surface area contributed by atoms with Crippen molar-refractivity contribution in [1.29, 1.82) is 0 Å². The summed E-state index contributed by atoms with van der Waals surface area (Å²) in [6.07, 6.45) is 4.07. The average Bonchev–Trinajstić information content (AvgIpc) is 2.65. The van der Waals surface area contributed by atoms with Crippen molar-refractivity contribution in [3.05, 3.63) is 0 Å². The predicted octanol–water partition coefficient (Wildman–Crippen LogP) is 1.75. The van der Waals surface area contributed by atoms with Crippen LogP contribution in [0.2, 0.25) is 0 Å². The summed E-state index contributed by atoms with van der Waals surface area (Å²) in [7, 11) is 0. The van der Waals surface area contributed by atoms with E-state index >= 15 is 0 Å².